The molecular weight excluding hydrogens is 263 g/mol. The minimum Gasteiger partial charge on any atom is -0.309 e. The Labute approximate surface area is 110 Å². The highest BCUT2D eigenvalue weighted by Gasteiger charge is 2.19. The first kappa shape index (κ1) is 13.8. The molecule has 1 N–H and O–H groups in total. The predicted molar refractivity (Wildman–Crippen MR) is 70.2 cm³/mol. The summed E-state index contributed by atoms with van der Waals surface area (Å²) in [6.07, 6.45) is 0. The van der Waals surface area contributed by atoms with Gasteiger partial charge < -0.3 is 5.32 Å². The first-order chi connectivity index (χ1) is 7.35. The van der Waals surface area contributed by atoms with E-state index in [1.54, 1.807) is 0 Å². The van der Waals surface area contributed by atoms with Crippen LogP contribution >= 0.6 is 34.5 Å². The van der Waals surface area contributed by atoms with Crippen molar-refractivity contribution in [2.45, 2.75) is 26.8 Å². The molecule has 1 unspecified atom stereocenters. The third kappa shape index (κ3) is 3.64. The van der Waals surface area contributed by atoms with Gasteiger partial charge in [0.05, 0.1) is 20.2 Å². The highest BCUT2D eigenvalue weighted by atomic mass is 35.5. The molecule has 5 heteroatoms. The number of hydrogen-bond acceptors (Lipinski definition) is 3. The molecule has 0 radical (unpaired) electrons. The quantitative estimate of drug-likeness (QED) is 0.892. The third-order valence-corrected chi connectivity index (χ3v) is 3.82. The summed E-state index contributed by atoms with van der Waals surface area (Å²) in [6, 6.07) is 4.22. The standard InChI is InChI=1S/C11H14Cl2N2S/c1-7(15-6-11(2,3)5-14)8-4-9(12)16-10(8)13/h4,7,15H,6H2,1-3H3. The van der Waals surface area contributed by atoms with Crippen LogP contribution in [0.2, 0.25) is 8.67 Å². The van der Waals surface area contributed by atoms with Gasteiger partial charge in [-0.2, -0.15) is 5.26 Å². The Morgan fingerprint density at radius 2 is 2.19 bits per heavy atom. The van der Waals surface area contributed by atoms with Crippen LogP contribution in [0.25, 0.3) is 0 Å². The van der Waals surface area contributed by atoms with Gasteiger partial charge in [0.15, 0.2) is 0 Å². The average Bonchev–Trinajstić information content (AvgIpc) is 2.54. The Hall–Kier alpha value is -0.270. The topological polar surface area (TPSA) is 35.8 Å². The molecule has 1 rings (SSSR count). The number of nitrogens with one attached hydrogen (secondary N) is 1. The number of rotatable bonds is 4. The normalized spacial score (nSPS) is 13.5. The van der Waals surface area contributed by atoms with Gasteiger partial charge in [-0.15, -0.1) is 11.3 Å². The molecule has 0 amide bonds. The van der Waals surface area contributed by atoms with E-state index in [0.29, 0.717) is 15.2 Å². The predicted octanol–water partition coefficient (Wildman–Crippen LogP) is 4.26. The number of hydrogen-bond donors (Lipinski definition) is 1. The van der Waals surface area contributed by atoms with Gasteiger partial charge in [0.1, 0.15) is 0 Å². The van der Waals surface area contributed by atoms with E-state index >= 15 is 0 Å². The van der Waals surface area contributed by atoms with Crippen molar-refractivity contribution in [2.24, 2.45) is 5.41 Å². The van der Waals surface area contributed by atoms with Gasteiger partial charge in [-0.3, -0.25) is 0 Å². The molecule has 0 fully saturated rings. The van der Waals surface area contributed by atoms with Gasteiger partial charge in [0.2, 0.25) is 0 Å². The SMILES string of the molecule is CC(NCC(C)(C)C#N)c1cc(Cl)sc1Cl. The molecule has 0 saturated carbocycles. The second-order valence-corrected chi connectivity index (χ2v) is 6.66. The molecule has 1 aromatic heterocycles. The van der Waals surface area contributed by atoms with E-state index < -0.39 is 0 Å². The highest BCUT2D eigenvalue weighted by molar-refractivity contribution is 7.20. The Kier molecular flexibility index (Phi) is 4.63. The molecule has 0 aromatic carbocycles. The second-order valence-electron chi connectivity index (χ2n) is 4.38. The van der Waals surface area contributed by atoms with Crippen LogP contribution in [-0.2, 0) is 0 Å². The molecule has 2 nitrogen and oxygen atoms in total. The van der Waals surface area contributed by atoms with Crippen molar-refractivity contribution in [3.05, 3.63) is 20.3 Å². The smallest absolute Gasteiger partial charge is 0.0991 e. The third-order valence-electron chi connectivity index (χ3n) is 2.30. The molecule has 0 aliphatic carbocycles. The zero-order valence-electron chi connectivity index (χ0n) is 9.47. The summed E-state index contributed by atoms with van der Waals surface area (Å²) >= 11 is 13.3. The molecule has 1 atom stereocenters. The van der Waals surface area contributed by atoms with Crippen LogP contribution < -0.4 is 5.32 Å². The molecule has 16 heavy (non-hydrogen) atoms. The van der Waals surface area contributed by atoms with Gasteiger partial charge >= 0.3 is 0 Å². The van der Waals surface area contributed by atoms with Crippen LogP contribution in [-0.4, -0.2) is 6.54 Å². The fourth-order valence-electron chi connectivity index (χ4n) is 1.21. The summed E-state index contributed by atoms with van der Waals surface area (Å²) < 4.78 is 1.40. The van der Waals surface area contributed by atoms with Gasteiger partial charge in [-0.05, 0) is 32.4 Å². The number of thiophene rings is 1. The van der Waals surface area contributed by atoms with Crippen molar-refractivity contribution in [1.29, 1.82) is 5.26 Å². The van der Waals surface area contributed by atoms with Crippen LogP contribution in [0.1, 0.15) is 32.4 Å². The minimum absolute atomic E-state index is 0.101. The molecule has 1 heterocycles. The minimum atomic E-state index is -0.374. The number of halogens is 2. The summed E-state index contributed by atoms with van der Waals surface area (Å²) in [5.41, 5.74) is 0.617. The second kappa shape index (κ2) is 5.37. The summed E-state index contributed by atoms with van der Waals surface area (Å²) in [7, 11) is 0. The maximum atomic E-state index is 8.90. The first-order valence-corrected chi connectivity index (χ1v) is 6.52. The largest absolute Gasteiger partial charge is 0.309 e. The lowest BCUT2D eigenvalue weighted by molar-refractivity contribution is 0.415. The van der Waals surface area contributed by atoms with E-state index in [-0.39, 0.29) is 11.5 Å². The summed E-state index contributed by atoms with van der Waals surface area (Å²) in [4.78, 5) is 0. The molecule has 0 aliphatic heterocycles. The molecule has 1 aromatic rings. The van der Waals surface area contributed by atoms with E-state index in [0.717, 1.165) is 5.56 Å². The van der Waals surface area contributed by atoms with E-state index in [4.69, 9.17) is 28.5 Å². The maximum absolute atomic E-state index is 8.90. The number of nitrogens with zero attached hydrogens (tertiary/aromatic N) is 1. The highest BCUT2D eigenvalue weighted by Crippen LogP contribution is 2.34. The zero-order valence-corrected chi connectivity index (χ0v) is 11.8. The van der Waals surface area contributed by atoms with E-state index in [9.17, 15) is 0 Å². The van der Waals surface area contributed by atoms with Gasteiger partial charge in [-0.1, -0.05) is 23.2 Å². The Morgan fingerprint density at radius 3 is 2.62 bits per heavy atom. The molecule has 0 bridgehead atoms. The maximum Gasteiger partial charge on any atom is 0.0991 e. The van der Waals surface area contributed by atoms with Crippen molar-refractivity contribution in [3.8, 4) is 6.07 Å². The van der Waals surface area contributed by atoms with E-state index in [2.05, 4.69) is 11.4 Å². The van der Waals surface area contributed by atoms with Crippen molar-refractivity contribution in [2.75, 3.05) is 6.54 Å². The van der Waals surface area contributed by atoms with Crippen LogP contribution in [0.3, 0.4) is 0 Å². The Balaban J connectivity index is 2.64. The molecular formula is C11H14Cl2N2S. The summed E-state index contributed by atoms with van der Waals surface area (Å²) in [5, 5.41) is 12.2. The Morgan fingerprint density at radius 1 is 1.56 bits per heavy atom. The summed E-state index contributed by atoms with van der Waals surface area (Å²) in [5.74, 6) is 0. The molecule has 0 aliphatic rings. The molecule has 88 valence electrons. The lowest BCUT2D eigenvalue weighted by Gasteiger charge is -2.20. The summed E-state index contributed by atoms with van der Waals surface area (Å²) in [6.45, 7) is 6.43. The molecule has 0 spiro atoms. The van der Waals surface area contributed by atoms with Crippen LogP contribution in [0.4, 0.5) is 0 Å². The van der Waals surface area contributed by atoms with Crippen molar-refractivity contribution in [3.63, 3.8) is 0 Å². The zero-order chi connectivity index (χ0) is 12.3. The van der Waals surface area contributed by atoms with Crippen molar-refractivity contribution >= 4 is 34.5 Å². The van der Waals surface area contributed by atoms with Gasteiger partial charge in [-0.25, -0.2) is 0 Å². The first-order valence-electron chi connectivity index (χ1n) is 4.95. The fraction of sp³-hybridized carbons (Fsp3) is 0.545. The van der Waals surface area contributed by atoms with Crippen molar-refractivity contribution < 1.29 is 0 Å². The fourth-order valence-corrected chi connectivity index (χ4v) is 2.85. The Bertz CT molecular complexity index is 407. The van der Waals surface area contributed by atoms with Crippen LogP contribution in [0, 0.1) is 16.7 Å². The lowest BCUT2D eigenvalue weighted by Crippen LogP contribution is -2.30. The van der Waals surface area contributed by atoms with Gasteiger partial charge in [0, 0.05) is 12.6 Å². The lowest BCUT2D eigenvalue weighted by atomic mass is 9.95. The molecule has 0 saturated heterocycles. The van der Waals surface area contributed by atoms with Crippen LogP contribution in [0.15, 0.2) is 6.07 Å². The van der Waals surface area contributed by atoms with Crippen LogP contribution in [0.5, 0.6) is 0 Å². The average molecular weight is 277 g/mol. The monoisotopic (exact) mass is 276 g/mol. The van der Waals surface area contributed by atoms with E-state index in [1.165, 1.54) is 11.3 Å². The number of nitriles is 1. The van der Waals surface area contributed by atoms with Gasteiger partial charge in [0.25, 0.3) is 0 Å². The van der Waals surface area contributed by atoms with E-state index in [1.807, 2.05) is 26.8 Å². The van der Waals surface area contributed by atoms with Crippen molar-refractivity contribution in [1.82, 2.24) is 5.32 Å².